The molecule has 4 atom stereocenters. The van der Waals surface area contributed by atoms with Crippen LogP contribution in [0.4, 0.5) is 0 Å². The van der Waals surface area contributed by atoms with Gasteiger partial charge in [-0.1, -0.05) is 18.2 Å². The summed E-state index contributed by atoms with van der Waals surface area (Å²) in [4.78, 5) is 59.6. The number of carbonyl (C=O) groups is 4. The third-order valence-electron chi connectivity index (χ3n) is 7.89. The van der Waals surface area contributed by atoms with Gasteiger partial charge in [0.05, 0.1) is 6.04 Å². The van der Waals surface area contributed by atoms with Gasteiger partial charge >= 0.3 is 5.97 Å². The van der Waals surface area contributed by atoms with Crippen molar-refractivity contribution in [3.8, 4) is 0 Å². The van der Waals surface area contributed by atoms with Crippen molar-refractivity contribution in [3.05, 3.63) is 36.0 Å². The van der Waals surface area contributed by atoms with Crippen LogP contribution in [0, 0.1) is 0 Å². The first-order valence-corrected chi connectivity index (χ1v) is 12.8. The second-order valence-electron chi connectivity index (χ2n) is 10.1. The van der Waals surface area contributed by atoms with Gasteiger partial charge in [0.1, 0.15) is 18.1 Å². The van der Waals surface area contributed by atoms with Gasteiger partial charge in [-0.25, -0.2) is 4.79 Å². The van der Waals surface area contributed by atoms with Crippen LogP contribution in [0.5, 0.6) is 0 Å². The minimum absolute atomic E-state index is 0.234. The van der Waals surface area contributed by atoms with Crippen LogP contribution >= 0.6 is 0 Å². The first-order chi connectivity index (χ1) is 17.4. The van der Waals surface area contributed by atoms with Crippen molar-refractivity contribution in [2.24, 2.45) is 5.73 Å². The molecule has 1 aromatic heterocycles. The van der Waals surface area contributed by atoms with Crippen LogP contribution < -0.4 is 5.73 Å². The lowest BCUT2D eigenvalue weighted by atomic mass is 10.0. The highest BCUT2D eigenvalue weighted by molar-refractivity contribution is 5.95. The number of aromatic nitrogens is 1. The van der Waals surface area contributed by atoms with Gasteiger partial charge in [-0.2, -0.15) is 0 Å². The van der Waals surface area contributed by atoms with Crippen LogP contribution in [0.3, 0.4) is 0 Å². The zero-order valence-corrected chi connectivity index (χ0v) is 20.3. The number of amides is 3. The van der Waals surface area contributed by atoms with Crippen LogP contribution in [0.25, 0.3) is 10.9 Å². The molecule has 0 spiro atoms. The fourth-order valence-corrected chi connectivity index (χ4v) is 6.08. The van der Waals surface area contributed by atoms with E-state index >= 15 is 0 Å². The topological polar surface area (TPSA) is 140 Å². The first kappa shape index (κ1) is 24.3. The number of nitrogens with zero attached hydrogens (tertiary/aromatic N) is 3. The van der Waals surface area contributed by atoms with Crippen molar-refractivity contribution in [1.82, 2.24) is 19.7 Å². The molecule has 36 heavy (non-hydrogen) atoms. The lowest BCUT2D eigenvalue weighted by Crippen LogP contribution is -2.56. The average Bonchev–Trinajstić information content (AvgIpc) is 3.68. The molecule has 4 heterocycles. The molecule has 192 valence electrons. The summed E-state index contributed by atoms with van der Waals surface area (Å²) in [5.41, 5.74) is 8.29. The van der Waals surface area contributed by atoms with E-state index in [0.29, 0.717) is 64.6 Å². The molecular weight excluding hydrogens is 462 g/mol. The number of carboxylic acids is 1. The van der Waals surface area contributed by atoms with Crippen molar-refractivity contribution in [1.29, 1.82) is 0 Å². The minimum atomic E-state index is -1.01. The molecule has 10 heteroatoms. The molecule has 2 aromatic rings. The molecule has 4 N–H and O–H groups in total. The van der Waals surface area contributed by atoms with E-state index in [-0.39, 0.29) is 17.7 Å². The van der Waals surface area contributed by atoms with Gasteiger partial charge in [0.2, 0.25) is 17.7 Å². The highest BCUT2D eigenvalue weighted by atomic mass is 16.4. The van der Waals surface area contributed by atoms with E-state index in [2.05, 4.69) is 4.98 Å². The predicted molar refractivity (Wildman–Crippen MR) is 132 cm³/mol. The standard InChI is InChI=1S/C26H33N5O5/c27-18(14-16-15-28-19-7-2-1-6-17(16)19)23(32)29-11-3-8-20(29)24(33)30-12-4-9-21(30)25(34)31-13-5-10-22(31)26(35)36/h1-2,6-7,15,18,20-22,28H,3-5,8-14,27H2,(H,35,36). The Kier molecular flexibility index (Phi) is 6.70. The number of nitrogens with one attached hydrogen (secondary N) is 1. The molecule has 0 aliphatic carbocycles. The van der Waals surface area contributed by atoms with Crippen LogP contribution in [-0.4, -0.2) is 92.3 Å². The summed E-state index contributed by atoms with van der Waals surface area (Å²) in [6.07, 6.45) is 5.71. The van der Waals surface area contributed by atoms with Gasteiger partial charge in [0, 0.05) is 36.7 Å². The van der Waals surface area contributed by atoms with Crippen molar-refractivity contribution in [3.63, 3.8) is 0 Å². The zero-order valence-electron chi connectivity index (χ0n) is 20.3. The zero-order chi connectivity index (χ0) is 25.4. The number of likely N-dealkylation sites (tertiary alicyclic amines) is 3. The van der Waals surface area contributed by atoms with E-state index in [4.69, 9.17) is 5.73 Å². The molecule has 0 saturated carbocycles. The molecule has 5 rings (SSSR count). The maximum atomic E-state index is 13.6. The highest BCUT2D eigenvalue weighted by Gasteiger charge is 2.46. The van der Waals surface area contributed by atoms with Crippen molar-refractivity contribution in [2.45, 2.75) is 69.1 Å². The largest absolute Gasteiger partial charge is 0.480 e. The lowest BCUT2D eigenvalue weighted by molar-refractivity contribution is -0.153. The number of hydrogen-bond acceptors (Lipinski definition) is 5. The highest BCUT2D eigenvalue weighted by Crippen LogP contribution is 2.29. The molecule has 3 amide bonds. The third kappa shape index (κ3) is 4.34. The van der Waals surface area contributed by atoms with Gasteiger partial charge in [-0.15, -0.1) is 0 Å². The summed E-state index contributed by atoms with van der Waals surface area (Å²) in [6.45, 7) is 1.28. The Labute approximate surface area is 209 Å². The molecule has 4 unspecified atom stereocenters. The number of nitrogens with two attached hydrogens (primary N) is 1. The van der Waals surface area contributed by atoms with Gasteiger partial charge in [-0.3, -0.25) is 14.4 Å². The number of carboxylic acid groups (broad SMARTS) is 1. The van der Waals surface area contributed by atoms with E-state index in [1.54, 1.807) is 9.80 Å². The Balaban J connectivity index is 1.27. The predicted octanol–water partition coefficient (Wildman–Crippen LogP) is 1.10. The fourth-order valence-electron chi connectivity index (χ4n) is 6.08. The quantitative estimate of drug-likeness (QED) is 0.548. The summed E-state index contributed by atoms with van der Waals surface area (Å²) in [5.74, 6) is -1.79. The Morgan fingerprint density at radius 1 is 0.889 bits per heavy atom. The normalized spacial score (nSPS) is 25.0. The summed E-state index contributed by atoms with van der Waals surface area (Å²) in [7, 11) is 0. The lowest BCUT2D eigenvalue weighted by Gasteiger charge is -2.34. The number of fused-ring (bicyclic) bond motifs is 1. The number of rotatable bonds is 6. The molecule has 10 nitrogen and oxygen atoms in total. The van der Waals surface area contributed by atoms with Crippen molar-refractivity contribution >= 4 is 34.6 Å². The van der Waals surface area contributed by atoms with Gasteiger partial charge in [0.15, 0.2) is 0 Å². The number of aliphatic carboxylic acids is 1. The SMILES string of the molecule is NC(Cc1c[nH]c2ccccc12)C(=O)N1CCCC1C(=O)N1CCCC1C(=O)N1CCCC1C(=O)O. The van der Waals surface area contributed by atoms with Crippen LogP contribution in [-0.2, 0) is 25.6 Å². The molecule has 0 bridgehead atoms. The summed E-state index contributed by atoms with van der Waals surface area (Å²) in [6, 6.07) is 4.91. The van der Waals surface area contributed by atoms with E-state index in [1.165, 1.54) is 4.90 Å². The fraction of sp³-hybridized carbons (Fsp3) is 0.538. The Morgan fingerprint density at radius 2 is 1.44 bits per heavy atom. The number of para-hydroxylation sites is 1. The van der Waals surface area contributed by atoms with Gasteiger partial charge in [0.25, 0.3) is 0 Å². The average molecular weight is 496 g/mol. The smallest absolute Gasteiger partial charge is 0.326 e. The van der Waals surface area contributed by atoms with Crippen LogP contribution in [0.15, 0.2) is 30.5 Å². The second kappa shape index (κ2) is 9.93. The molecule has 3 aliphatic rings. The summed E-state index contributed by atoms with van der Waals surface area (Å²) >= 11 is 0. The monoisotopic (exact) mass is 495 g/mol. The minimum Gasteiger partial charge on any atom is -0.480 e. The maximum Gasteiger partial charge on any atom is 0.326 e. The number of aromatic amines is 1. The molecule has 1 aromatic carbocycles. The Hall–Kier alpha value is -3.40. The third-order valence-corrected chi connectivity index (χ3v) is 7.89. The molecule has 3 aliphatic heterocycles. The van der Waals surface area contributed by atoms with Crippen molar-refractivity contribution < 1.29 is 24.3 Å². The molecule has 0 radical (unpaired) electrons. The number of benzene rings is 1. The number of carbonyl (C=O) groups excluding carboxylic acids is 3. The number of H-pyrrole nitrogens is 1. The Morgan fingerprint density at radius 3 is 2.11 bits per heavy atom. The number of hydrogen-bond donors (Lipinski definition) is 3. The second-order valence-corrected chi connectivity index (χ2v) is 10.1. The van der Waals surface area contributed by atoms with Crippen molar-refractivity contribution in [2.75, 3.05) is 19.6 Å². The van der Waals surface area contributed by atoms with E-state index in [1.807, 2.05) is 30.5 Å². The first-order valence-electron chi connectivity index (χ1n) is 12.8. The maximum absolute atomic E-state index is 13.6. The van der Waals surface area contributed by atoms with Gasteiger partial charge in [-0.05, 0) is 56.6 Å². The molecule has 3 saturated heterocycles. The van der Waals surface area contributed by atoms with Gasteiger partial charge < -0.3 is 30.5 Å². The van der Waals surface area contributed by atoms with E-state index < -0.39 is 30.1 Å². The molecular formula is C26H33N5O5. The molecule has 3 fully saturated rings. The summed E-state index contributed by atoms with van der Waals surface area (Å²) < 4.78 is 0. The van der Waals surface area contributed by atoms with E-state index in [9.17, 15) is 24.3 Å². The Bertz CT molecular complexity index is 1180. The van der Waals surface area contributed by atoms with Crippen LogP contribution in [0.1, 0.15) is 44.1 Å². The van der Waals surface area contributed by atoms with E-state index in [0.717, 1.165) is 16.5 Å². The summed E-state index contributed by atoms with van der Waals surface area (Å²) in [5, 5.41) is 10.5. The van der Waals surface area contributed by atoms with Crippen LogP contribution in [0.2, 0.25) is 0 Å².